The third kappa shape index (κ3) is 3.94. The molecule has 1 aliphatic rings. The van der Waals surface area contributed by atoms with Gasteiger partial charge >= 0.3 is 5.97 Å². The summed E-state index contributed by atoms with van der Waals surface area (Å²) in [6.07, 6.45) is 0.634. The van der Waals surface area contributed by atoms with E-state index in [1.807, 2.05) is 0 Å². The van der Waals surface area contributed by atoms with E-state index in [4.69, 9.17) is 9.47 Å². The van der Waals surface area contributed by atoms with Crippen LogP contribution in [0.1, 0.15) is 26.7 Å². The number of likely N-dealkylation sites (tertiary alicyclic amines) is 1. The average molecular weight is 321 g/mol. The SMILES string of the molecule is COc1ccc(OC(C)C(=O)N2CCC[C@H](C(=O)O)[C@@H]2C)cc1. The van der Waals surface area contributed by atoms with Gasteiger partial charge < -0.3 is 19.5 Å². The van der Waals surface area contributed by atoms with Crippen molar-refractivity contribution in [2.24, 2.45) is 5.92 Å². The van der Waals surface area contributed by atoms with Gasteiger partial charge in [0.1, 0.15) is 11.5 Å². The molecular weight excluding hydrogens is 298 g/mol. The first-order valence-electron chi connectivity index (χ1n) is 7.78. The van der Waals surface area contributed by atoms with Crippen molar-refractivity contribution in [2.75, 3.05) is 13.7 Å². The number of aliphatic carboxylic acids is 1. The number of amides is 1. The maximum absolute atomic E-state index is 12.6. The first-order chi connectivity index (χ1) is 10.9. The largest absolute Gasteiger partial charge is 0.497 e. The lowest BCUT2D eigenvalue weighted by molar-refractivity contribution is -0.151. The number of hydrogen-bond acceptors (Lipinski definition) is 4. The Labute approximate surface area is 136 Å². The molecule has 0 bridgehead atoms. The van der Waals surface area contributed by atoms with Gasteiger partial charge in [0.15, 0.2) is 6.10 Å². The number of ether oxygens (including phenoxy) is 2. The molecule has 0 saturated carbocycles. The van der Waals surface area contributed by atoms with E-state index in [1.165, 1.54) is 0 Å². The summed E-state index contributed by atoms with van der Waals surface area (Å²) < 4.78 is 10.8. The fourth-order valence-corrected chi connectivity index (χ4v) is 2.93. The third-order valence-corrected chi connectivity index (χ3v) is 4.31. The lowest BCUT2D eigenvalue weighted by Gasteiger charge is -2.38. The maximum atomic E-state index is 12.6. The molecule has 3 atom stereocenters. The number of rotatable bonds is 5. The second kappa shape index (κ2) is 7.35. The number of carbonyl (C=O) groups is 2. The van der Waals surface area contributed by atoms with Crippen LogP contribution in [0.4, 0.5) is 0 Å². The topological polar surface area (TPSA) is 76.1 Å². The molecule has 1 aromatic carbocycles. The number of nitrogens with zero attached hydrogens (tertiary/aromatic N) is 1. The molecule has 23 heavy (non-hydrogen) atoms. The van der Waals surface area contributed by atoms with Gasteiger partial charge in [-0.15, -0.1) is 0 Å². The number of carboxylic acid groups (broad SMARTS) is 1. The lowest BCUT2D eigenvalue weighted by Crippen LogP contribution is -2.52. The summed E-state index contributed by atoms with van der Waals surface area (Å²) >= 11 is 0. The minimum Gasteiger partial charge on any atom is -0.497 e. The van der Waals surface area contributed by atoms with Gasteiger partial charge in [0.2, 0.25) is 0 Å². The van der Waals surface area contributed by atoms with Crippen molar-refractivity contribution in [3.63, 3.8) is 0 Å². The highest BCUT2D eigenvalue weighted by molar-refractivity contribution is 5.82. The zero-order chi connectivity index (χ0) is 17.0. The van der Waals surface area contributed by atoms with Crippen LogP contribution in [0.25, 0.3) is 0 Å². The Bertz CT molecular complexity index is 557. The van der Waals surface area contributed by atoms with E-state index in [0.29, 0.717) is 30.9 Å². The normalized spacial score (nSPS) is 22.3. The maximum Gasteiger partial charge on any atom is 0.308 e. The van der Waals surface area contributed by atoms with Crippen LogP contribution >= 0.6 is 0 Å². The first-order valence-corrected chi connectivity index (χ1v) is 7.78. The first kappa shape index (κ1) is 17.1. The minimum atomic E-state index is -0.848. The Kier molecular flexibility index (Phi) is 5.47. The van der Waals surface area contributed by atoms with Crippen LogP contribution in [0, 0.1) is 5.92 Å². The molecule has 1 fully saturated rings. The van der Waals surface area contributed by atoms with E-state index in [-0.39, 0.29) is 11.9 Å². The smallest absolute Gasteiger partial charge is 0.308 e. The Hall–Kier alpha value is -2.24. The van der Waals surface area contributed by atoms with Crippen LogP contribution in [-0.4, -0.2) is 47.7 Å². The third-order valence-electron chi connectivity index (χ3n) is 4.31. The highest BCUT2D eigenvalue weighted by atomic mass is 16.5. The molecular formula is C17H23NO5. The summed E-state index contributed by atoms with van der Waals surface area (Å²) in [4.78, 5) is 25.5. The highest BCUT2D eigenvalue weighted by Crippen LogP contribution is 2.25. The summed E-state index contributed by atoms with van der Waals surface area (Å²) in [7, 11) is 1.58. The lowest BCUT2D eigenvalue weighted by atomic mass is 9.90. The molecule has 126 valence electrons. The molecule has 1 heterocycles. The molecule has 2 rings (SSSR count). The summed E-state index contributed by atoms with van der Waals surface area (Å²) in [5.41, 5.74) is 0. The quantitative estimate of drug-likeness (QED) is 0.899. The second-order valence-corrected chi connectivity index (χ2v) is 5.79. The summed E-state index contributed by atoms with van der Waals surface area (Å²) in [5, 5.41) is 9.25. The van der Waals surface area contributed by atoms with Gasteiger partial charge in [-0.3, -0.25) is 9.59 Å². The van der Waals surface area contributed by atoms with E-state index in [1.54, 1.807) is 50.1 Å². The Morgan fingerprint density at radius 3 is 2.43 bits per heavy atom. The zero-order valence-corrected chi connectivity index (χ0v) is 13.7. The predicted octanol–water partition coefficient (Wildman–Crippen LogP) is 2.17. The van der Waals surface area contributed by atoms with Crippen LogP contribution in [0.5, 0.6) is 11.5 Å². The predicted molar refractivity (Wildman–Crippen MR) is 84.6 cm³/mol. The van der Waals surface area contributed by atoms with Crippen molar-refractivity contribution in [3.8, 4) is 11.5 Å². The number of piperidine rings is 1. The minimum absolute atomic E-state index is 0.181. The van der Waals surface area contributed by atoms with Gasteiger partial charge in [0, 0.05) is 12.6 Å². The average Bonchev–Trinajstić information content (AvgIpc) is 2.54. The zero-order valence-electron chi connectivity index (χ0n) is 13.7. The van der Waals surface area contributed by atoms with Gasteiger partial charge in [-0.05, 0) is 51.0 Å². The van der Waals surface area contributed by atoms with Crippen LogP contribution in [0.15, 0.2) is 24.3 Å². The Balaban J connectivity index is 2.01. The van der Waals surface area contributed by atoms with Gasteiger partial charge in [-0.25, -0.2) is 0 Å². The van der Waals surface area contributed by atoms with Crippen molar-refractivity contribution >= 4 is 11.9 Å². The van der Waals surface area contributed by atoms with Gasteiger partial charge in [-0.2, -0.15) is 0 Å². The molecule has 0 aromatic heterocycles. The number of carboxylic acids is 1. The van der Waals surface area contributed by atoms with Gasteiger partial charge in [0.25, 0.3) is 5.91 Å². The molecule has 1 aromatic rings. The van der Waals surface area contributed by atoms with Crippen molar-refractivity contribution in [1.29, 1.82) is 0 Å². The van der Waals surface area contributed by atoms with E-state index < -0.39 is 18.0 Å². The molecule has 6 nitrogen and oxygen atoms in total. The summed E-state index contributed by atoms with van der Waals surface area (Å²) in [6, 6.07) is 6.67. The molecule has 0 aliphatic carbocycles. The highest BCUT2D eigenvalue weighted by Gasteiger charge is 2.37. The number of benzene rings is 1. The van der Waals surface area contributed by atoms with E-state index in [2.05, 4.69) is 0 Å². The molecule has 0 spiro atoms. The molecule has 1 aliphatic heterocycles. The Morgan fingerprint density at radius 1 is 1.26 bits per heavy atom. The van der Waals surface area contributed by atoms with Gasteiger partial charge in [0.05, 0.1) is 13.0 Å². The van der Waals surface area contributed by atoms with E-state index >= 15 is 0 Å². The van der Waals surface area contributed by atoms with Crippen molar-refractivity contribution in [3.05, 3.63) is 24.3 Å². The summed E-state index contributed by atoms with van der Waals surface area (Å²) in [5.74, 6) is -0.254. The molecule has 1 amide bonds. The van der Waals surface area contributed by atoms with Crippen LogP contribution in [-0.2, 0) is 9.59 Å². The van der Waals surface area contributed by atoms with Crippen molar-refractivity contribution < 1.29 is 24.2 Å². The monoisotopic (exact) mass is 321 g/mol. The number of hydrogen-bond donors (Lipinski definition) is 1. The molecule has 6 heteroatoms. The second-order valence-electron chi connectivity index (χ2n) is 5.79. The van der Waals surface area contributed by atoms with Crippen molar-refractivity contribution in [1.82, 2.24) is 4.90 Å². The Morgan fingerprint density at radius 2 is 1.87 bits per heavy atom. The molecule has 1 N–H and O–H groups in total. The fourth-order valence-electron chi connectivity index (χ4n) is 2.93. The van der Waals surface area contributed by atoms with E-state index in [0.717, 1.165) is 0 Å². The van der Waals surface area contributed by atoms with Crippen molar-refractivity contribution in [2.45, 2.75) is 38.8 Å². The molecule has 1 saturated heterocycles. The standard InChI is InChI=1S/C17H23NO5/c1-11-15(17(20)21)5-4-10-18(11)16(19)12(2)23-14-8-6-13(22-3)7-9-14/h6-9,11-12,15H,4-5,10H2,1-3H3,(H,20,21)/t11-,12?,15-/m0/s1. The summed E-state index contributed by atoms with van der Waals surface area (Å²) in [6.45, 7) is 4.04. The van der Waals surface area contributed by atoms with E-state index in [9.17, 15) is 14.7 Å². The molecule has 1 unspecified atom stereocenters. The fraction of sp³-hybridized carbons (Fsp3) is 0.529. The van der Waals surface area contributed by atoms with Gasteiger partial charge in [-0.1, -0.05) is 0 Å². The number of carbonyl (C=O) groups excluding carboxylic acids is 1. The molecule has 0 radical (unpaired) electrons. The van der Waals surface area contributed by atoms with Crippen LogP contribution < -0.4 is 9.47 Å². The van der Waals surface area contributed by atoms with Crippen LogP contribution in [0.2, 0.25) is 0 Å². The van der Waals surface area contributed by atoms with Crippen LogP contribution in [0.3, 0.4) is 0 Å². The number of methoxy groups -OCH3 is 1.